The second-order valence-electron chi connectivity index (χ2n) is 7.59. The first-order chi connectivity index (χ1) is 14.0. The van der Waals surface area contributed by atoms with Crippen LogP contribution in [-0.2, 0) is 27.5 Å². The summed E-state index contributed by atoms with van der Waals surface area (Å²) in [5, 5.41) is 8.68. The molecular formula is C20H25N5O4. The molecule has 0 radical (unpaired) electrons. The molecule has 3 N–H and O–H groups in total. The van der Waals surface area contributed by atoms with Crippen molar-refractivity contribution in [2.24, 2.45) is 0 Å². The highest BCUT2D eigenvalue weighted by Gasteiger charge is 2.39. The quantitative estimate of drug-likeness (QED) is 0.546. The maximum atomic E-state index is 13.0. The van der Waals surface area contributed by atoms with E-state index in [1.165, 1.54) is 0 Å². The molecule has 29 heavy (non-hydrogen) atoms. The van der Waals surface area contributed by atoms with Gasteiger partial charge in [0.25, 0.3) is 5.91 Å². The lowest BCUT2D eigenvalue weighted by molar-refractivity contribution is -0.137. The van der Waals surface area contributed by atoms with Crippen LogP contribution < -0.4 is 16.0 Å². The number of benzene rings is 1. The number of amides is 4. The summed E-state index contributed by atoms with van der Waals surface area (Å²) in [5.74, 6) is -0.853. The van der Waals surface area contributed by atoms with E-state index >= 15 is 0 Å². The zero-order chi connectivity index (χ0) is 20.4. The smallest absolute Gasteiger partial charge is 0.255 e. The van der Waals surface area contributed by atoms with Crippen LogP contribution in [0.2, 0.25) is 0 Å². The maximum Gasteiger partial charge on any atom is 0.255 e. The van der Waals surface area contributed by atoms with Crippen molar-refractivity contribution in [2.75, 3.05) is 32.7 Å². The minimum absolute atomic E-state index is 0.0515. The first-order valence-corrected chi connectivity index (χ1v) is 9.99. The van der Waals surface area contributed by atoms with Crippen LogP contribution in [0.1, 0.15) is 34.3 Å². The van der Waals surface area contributed by atoms with Crippen LogP contribution in [0.25, 0.3) is 0 Å². The fraction of sp³-hybridized carbons (Fsp3) is 0.500. The van der Waals surface area contributed by atoms with Crippen molar-refractivity contribution in [3.05, 3.63) is 34.9 Å². The summed E-state index contributed by atoms with van der Waals surface area (Å²) in [5.41, 5.74) is 2.28. The van der Waals surface area contributed by atoms with Gasteiger partial charge in [-0.05, 0) is 17.5 Å². The number of fused-ring (bicyclic) bond motifs is 1. The highest BCUT2D eigenvalue weighted by atomic mass is 16.2. The van der Waals surface area contributed by atoms with Crippen LogP contribution in [0.4, 0.5) is 0 Å². The molecule has 154 valence electrons. The molecule has 9 heteroatoms. The fourth-order valence-corrected chi connectivity index (χ4v) is 4.17. The number of piperidine rings is 1. The topological polar surface area (TPSA) is 111 Å². The number of imide groups is 1. The summed E-state index contributed by atoms with van der Waals surface area (Å²) in [6.07, 6.45) is 0.580. The standard InChI is InChI=1S/C20H25N5O4/c26-16-5-4-15(19(28)23-16)25-12-14-3-1-2-13(18(14)20(25)29)10-22-11-17(27)24-8-6-21-7-9-24/h1-3,15,21-22H,4-12H2,(H,23,26,28). The summed E-state index contributed by atoms with van der Waals surface area (Å²) in [7, 11) is 0. The summed E-state index contributed by atoms with van der Waals surface area (Å²) in [6, 6.07) is 5.01. The molecule has 0 aliphatic carbocycles. The van der Waals surface area contributed by atoms with Gasteiger partial charge in [-0.1, -0.05) is 18.2 Å². The Balaban J connectivity index is 1.40. The van der Waals surface area contributed by atoms with Gasteiger partial charge in [-0.25, -0.2) is 0 Å². The molecule has 4 amide bonds. The Morgan fingerprint density at radius 3 is 2.72 bits per heavy atom. The van der Waals surface area contributed by atoms with Crippen molar-refractivity contribution in [2.45, 2.75) is 32.0 Å². The molecule has 1 unspecified atom stereocenters. The van der Waals surface area contributed by atoms with E-state index in [4.69, 9.17) is 0 Å². The summed E-state index contributed by atoms with van der Waals surface area (Å²) in [6.45, 7) is 4.01. The van der Waals surface area contributed by atoms with E-state index in [0.717, 1.165) is 24.2 Å². The van der Waals surface area contributed by atoms with E-state index < -0.39 is 11.9 Å². The van der Waals surface area contributed by atoms with Crippen LogP contribution in [0, 0.1) is 0 Å². The van der Waals surface area contributed by atoms with Gasteiger partial charge in [-0.2, -0.15) is 0 Å². The predicted molar refractivity (Wildman–Crippen MR) is 104 cm³/mol. The molecular weight excluding hydrogens is 374 g/mol. The number of rotatable bonds is 5. The van der Waals surface area contributed by atoms with E-state index in [0.29, 0.717) is 38.2 Å². The number of nitrogens with one attached hydrogen (secondary N) is 3. The van der Waals surface area contributed by atoms with Crippen LogP contribution in [0.15, 0.2) is 18.2 Å². The van der Waals surface area contributed by atoms with Crippen molar-refractivity contribution < 1.29 is 19.2 Å². The van der Waals surface area contributed by atoms with E-state index in [9.17, 15) is 19.2 Å². The molecule has 0 spiro atoms. The molecule has 2 fully saturated rings. The van der Waals surface area contributed by atoms with E-state index in [1.54, 1.807) is 4.90 Å². The predicted octanol–water partition coefficient (Wildman–Crippen LogP) is -1.03. The molecule has 0 aromatic heterocycles. The van der Waals surface area contributed by atoms with Crippen LogP contribution >= 0.6 is 0 Å². The minimum Gasteiger partial charge on any atom is -0.339 e. The molecule has 1 aromatic rings. The van der Waals surface area contributed by atoms with Crippen molar-refractivity contribution in [1.29, 1.82) is 0 Å². The second kappa shape index (κ2) is 8.30. The van der Waals surface area contributed by atoms with E-state index in [-0.39, 0.29) is 30.7 Å². The minimum atomic E-state index is -0.623. The molecule has 4 rings (SSSR count). The Morgan fingerprint density at radius 1 is 1.17 bits per heavy atom. The fourth-order valence-electron chi connectivity index (χ4n) is 4.17. The largest absolute Gasteiger partial charge is 0.339 e. The molecule has 1 atom stereocenters. The first-order valence-electron chi connectivity index (χ1n) is 9.99. The van der Waals surface area contributed by atoms with Crippen LogP contribution in [0.5, 0.6) is 0 Å². The van der Waals surface area contributed by atoms with E-state index in [1.807, 2.05) is 23.1 Å². The van der Waals surface area contributed by atoms with Gasteiger partial charge in [0.1, 0.15) is 6.04 Å². The average Bonchev–Trinajstić information content (AvgIpc) is 3.06. The van der Waals surface area contributed by atoms with Gasteiger partial charge in [0.2, 0.25) is 17.7 Å². The summed E-state index contributed by atoms with van der Waals surface area (Å²) < 4.78 is 0. The Labute approximate surface area is 168 Å². The number of hydrogen-bond donors (Lipinski definition) is 3. The van der Waals surface area contributed by atoms with Crippen LogP contribution in [0.3, 0.4) is 0 Å². The zero-order valence-electron chi connectivity index (χ0n) is 16.2. The average molecular weight is 399 g/mol. The molecule has 1 aromatic carbocycles. The van der Waals surface area contributed by atoms with Crippen molar-refractivity contribution in [3.63, 3.8) is 0 Å². The number of nitrogens with zero attached hydrogens (tertiary/aromatic N) is 2. The van der Waals surface area contributed by atoms with Gasteiger partial charge in [0.15, 0.2) is 0 Å². The summed E-state index contributed by atoms with van der Waals surface area (Å²) in [4.78, 5) is 52.3. The summed E-state index contributed by atoms with van der Waals surface area (Å²) >= 11 is 0. The van der Waals surface area contributed by atoms with Gasteiger partial charge in [-0.15, -0.1) is 0 Å². The molecule has 9 nitrogen and oxygen atoms in total. The molecule has 3 heterocycles. The normalized spacial score (nSPS) is 21.9. The van der Waals surface area contributed by atoms with Gasteiger partial charge >= 0.3 is 0 Å². The maximum absolute atomic E-state index is 13.0. The molecule has 0 bridgehead atoms. The van der Waals surface area contributed by atoms with Crippen molar-refractivity contribution in [1.82, 2.24) is 25.8 Å². The zero-order valence-corrected chi connectivity index (χ0v) is 16.2. The SMILES string of the molecule is O=C1CCC(N2Cc3cccc(CNCC(=O)N4CCNCC4)c3C2=O)C(=O)N1. The highest BCUT2D eigenvalue weighted by molar-refractivity contribution is 6.06. The van der Waals surface area contributed by atoms with Crippen molar-refractivity contribution in [3.8, 4) is 0 Å². The Morgan fingerprint density at radius 2 is 1.97 bits per heavy atom. The lowest BCUT2D eigenvalue weighted by Crippen LogP contribution is -2.52. The van der Waals surface area contributed by atoms with Crippen LogP contribution in [-0.4, -0.2) is 72.2 Å². The Hall–Kier alpha value is -2.78. The lowest BCUT2D eigenvalue weighted by Gasteiger charge is -2.29. The number of carbonyl (C=O) groups is 4. The molecule has 3 aliphatic rings. The third-order valence-corrected chi connectivity index (χ3v) is 5.70. The number of piperazine rings is 1. The Bertz CT molecular complexity index is 849. The lowest BCUT2D eigenvalue weighted by atomic mass is 10.0. The number of hydrogen-bond acceptors (Lipinski definition) is 6. The van der Waals surface area contributed by atoms with Gasteiger partial charge in [-0.3, -0.25) is 24.5 Å². The van der Waals surface area contributed by atoms with Crippen molar-refractivity contribution >= 4 is 23.6 Å². The highest BCUT2D eigenvalue weighted by Crippen LogP contribution is 2.29. The van der Waals surface area contributed by atoms with Gasteiger partial charge < -0.3 is 20.4 Å². The first kappa shape index (κ1) is 19.5. The van der Waals surface area contributed by atoms with E-state index in [2.05, 4.69) is 16.0 Å². The molecule has 3 aliphatic heterocycles. The van der Waals surface area contributed by atoms with Gasteiger partial charge in [0.05, 0.1) is 6.54 Å². The Kier molecular flexibility index (Phi) is 5.59. The third-order valence-electron chi connectivity index (χ3n) is 5.70. The number of carbonyl (C=O) groups excluding carboxylic acids is 4. The molecule has 2 saturated heterocycles. The second-order valence-corrected chi connectivity index (χ2v) is 7.59. The molecule has 0 saturated carbocycles. The van der Waals surface area contributed by atoms with Gasteiger partial charge in [0, 0.05) is 51.3 Å². The third kappa shape index (κ3) is 4.01. The monoisotopic (exact) mass is 399 g/mol.